The van der Waals surface area contributed by atoms with Crippen LogP contribution in [-0.4, -0.2) is 9.97 Å². The van der Waals surface area contributed by atoms with E-state index in [1.165, 1.54) is 11.1 Å². The Morgan fingerprint density at radius 1 is 1.35 bits per heavy atom. The molecule has 17 heavy (non-hydrogen) atoms. The van der Waals surface area contributed by atoms with Gasteiger partial charge in [0.15, 0.2) is 0 Å². The number of nitrogens with one attached hydrogen (secondary N) is 1. The highest BCUT2D eigenvalue weighted by Crippen LogP contribution is 2.13. The van der Waals surface area contributed by atoms with Crippen LogP contribution in [0, 0.1) is 13.8 Å². The van der Waals surface area contributed by atoms with Gasteiger partial charge < -0.3 is 9.73 Å². The Bertz CT molecular complexity index is 493. The summed E-state index contributed by atoms with van der Waals surface area (Å²) in [6.45, 7) is 6.78. The van der Waals surface area contributed by atoms with Gasteiger partial charge in [0.05, 0.1) is 12.2 Å². The maximum absolute atomic E-state index is 5.47. The van der Waals surface area contributed by atoms with Crippen molar-refractivity contribution in [3.63, 3.8) is 0 Å². The molecule has 0 fully saturated rings. The number of hydrogen-bond acceptors (Lipinski definition) is 4. The fourth-order valence-electron chi connectivity index (χ4n) is 1.60. The third-order valence-electron chi connectivity index (χ3n) is 2.76. The van der Waals surface area contributed by atoms with Gasteiger partial charge in [-0.15, -0.1) is 0 Å². The molecule has 4 heteroatoms. The topological polar surface area (TPSA) is 51.0 Å². The molecule has 1 N–H and O–H groups in total. The van der Waals surface area contributed by atoms with Crippen LogP contribution in [0.5, 0.6) is 0 Å². The van der Waals surface area contributed by atoms with Crippen molar-refractivity contribution in [2.45, 2.75) is 33.4 Å². The largest absolute Gasteiger partial charge is 0.444 e. The van der Waals surface area contributed by atoms with Gasteiger partial charge in [-0.1, -0.05) is 0 Å². The zero-order chi connectivity index (χ0) is 12.3. The van der Waals surface area contributed by atoms with Crippen molar-refractivity contribution in [1.82, 2.24) is 15.3 Å². The van der Waals surface area contributed by atoms with Gasteiger partial charge in [0, 0.05) is 18.9 Å². The van der Waals surface area contributed by atoms with Gasteiger partial charge in [-0.3, -0.25) is 4.98 Å². The van der Waals surface area contributed by atoms with E-state index in [0.717, 1.165) is 18.2 Å². The Morgan fingerprint density at radius 3 is 2.82 bits per heavy atom. The van der Waals surface area contributed by atoms with E-state index in [2.05, 4.69) is 22.2 Å². The van der Waals surface area contributed by atoms with Gasteiger partial charge in [0.25, 0.3) is 0 Å². The molecule has 2 rings (SSSR count). The SMILES string of the molecule is Cc1cnc(C(C)NCc2cnccc2C)o1. The first-order valence-electron chi connectivity index (χ1n) is 5.72. The summed E-state index contributed by atoms with van der Waals surface area (Å²) in [5.74, 6) is 1.57. The Labute approximate surface area is 101 Å². The molecule has 1 unspecified atom stereocenters. The summed E-state index contributed by atoms with van der Waals surface area (Å²) in [4.78, 5) is 8.33. The highest BCUT2D eigenvalue weighted by molar-refractivity contribution is 5.21. The molecule has 0 saturated heterocycles. The van der Waals surface area contributed by atoms with Gasteiger partial charge in [-0.2, -0.15) is 0 Å². The molecule has 0 bridgehead atoms. The van der Waals surface area contributed by atoms with Gasteiger partial charge in [0.2, 0.25) is 5.89 Å². The quantitative estimate of drug-likeness (QED) is 0.878. The first-order valence-corrected chi connectivity index (χ1v) is 5.72. The van der Waals surface area contributed by atoms with E-state index in [-0.39, 0.29) is 6.04 Å². The highest BCUT2D eigenvalue weighted by Gasteiger charge is 2.10. The maximum atomic E-state index is 5.47. The number of nitrogens with zero attached hydrogens (tertiary/aromatic N) is 2. The van der Waals surface area contributed by atoms with Gasteiger partial charge in [-0.25, -0.2) is 4.98 Å². The molecule has 2 heterocycles. The molecule has 0 aliphatic heterocycles. The fourth-order valence-corrected chi connectivity index (χ4v) is 1.60. The lowest BCUT2D eigenvalue weighted by molar-refractivity contribution is 0.402. The number of aryl methyl sites for hydroxylation is 2. The van der Waals surface area contributed by atoms with Crippen molar-refractivity contribution < 1.29 is 4.42 Å². The van der Waals surface area contributed by atoms with Crippen LogP contribution in [0.3, 0.4) is 0 Å². The summed E-state index contributed by atoms with van der Waals surface area (Å²) in [5, 5.41) is 3.37. The van der Waals surface area contributed by atoms with Crippen LogP contribution in [0.25, 0.3) is 0 Å². The Hall–Kier alpha value is -1.68. The summed E-state index contributed by atoms with van der Waals surface area (Å²) >= 11 is 0. The maximum Gasteiger partial charge on any atom is 0.211 e. The molecule has 0 spiro atoms. The molecule has 0 amide bonds. The normalized spacial score (nSPS) is 12.6. The van der Waals surface area contributed by atoms with Crippen LogP contribution in [0.15, 0.2) is 29.1 Å². The Kier molecular flexibility index (Phi) is 3.54. The molecule has 0 aliphatic carbocycles. The number of aromatic nitrogens is 2. The van der Waals surface area contributed by atoms with Crippen LogP contribution in [-0.2, 0) is 6.54 Å². The van der Waals surface area contributed by atoms with Gasteiger partial charge >= 0.3 is 0 Å². The van der Waals surface area contributed by atoms with Crippen molar-refractivity contribution in [3.05, 3.63) is 47.4 Å². The highest BCUT2D eigenvalue weighted by atomic mass is 16.4. The van der Waals surface area contributed by atoms with E-state index in [1.54, 1.807) is 12.4 Å². The smallest absolute Gasteiger partial charge is 0.211 e. The Balaban J connectivity index is 1.97. The molecule has 0 aliphatic rings. The van der Waals surface area contributed by atoms with E-state index in [1.807, 2.05) is 26.1 Å². The van der Waals surface area contributed by atoms with Crippen LogP contribution < -0.4 is 5.32 Å². The summed E-state index contributed by atoms with van der Waals surface area (Å²) in [6, 6.07) is 2.11. The van der Waals surface area contributed by atoms with Crippen LogP contribution in [0.1, 0.15) is 35.7 Å². The molecule has 1 atom stereocenters. The third-order valence-corrected chi connectivity index (χ3v) is 2.76. The zero-order valence-electron chi connectivity index (χ0n) is 10.4. The lowest BCUT2D eigenvalue weighted by Gasteiger charge is -2.11. The minimum Gasteiger partial charge on any atom is -0.444 e. The second kappa shape index (κ2) is 5.10. The number of rotatable bonds is 4. The third kappa shape index (κ3) is 2.91. The average molecular weight is 231 g/mol. The lowest BCUT2D eigenvalue weighted by Crippen LogP contribution is -2.19. The van der Waals surface area contributed by atoms with E-state index in [0.29, 0.717) is 0 Å². The van der Waals surface area contributed by atoms with Crippen molar-refractivity contribution in [2.75, 3.05) is 0 Å². The first kappa shape index (κ1) is 11.8. The summed E-state index contributed by atoms with van der Waals surface area (Å²) in [6.07, 6.45) is 5.43. The predicted octanol–water partition coefficient (Wildman–Crippen LogP) is 2.54. The van der Waals surface area contributed by atoms with E-state index < -0.39 is 0 Å². The number of pyridine rings is 1. The van der Waals surface area contributed by atoms with Gasteiger partial charge in [0.1, 0.15) is 5.76 Å². The lowest BCUT2D eigenvalue weighted by atomic mass is 10.1. The Morgan fingerprint density at radius 2 is 2.18 bits per heavy atom. The van der Waals surface area contributed by atoms with Crippen molar-refractivity contribution >= 4 is 0 Å². The minimum absolute atomic E-state index is 0.100. The molecule has 90 valence electrons. The predicted molar refractivity (Wildman–Crippen MR) is 65.5 cm³/mol. The van der Waals surface area contributed by atoms with Crippen LogP contribution in [0.2, 0.25) is 0 Å². The molecular weight excluding hydrogens is 214 g/mol. The molecular formula is C13H17N3O. The molecule has 2 aromatic heterocycles. The first-order chi connectivity index (χ1) is 8.16. The summed E-state index contributed by atoms with van der Waals surface area (Å²) in [7, 11) is 0. The number of hydrogen-bond donors (Lipinski definition) is 1. The van der Waals surface area contributed by atoms with Crippen LogP contribution >= 0.6 is 0 Å². The van der Waals surface area contributed by atoms with E-state index in [4.69, 9.17) is 4.42 Å². The monoisotopic (exact) mass is 231 g/mol. The van der Waals surface area contributed by atoms with Crippen molar-refractivity contribution in [2.24, 2.45) is 0 Å². The average Bonchev–Trinajstić information content (AvgIpc) is 2.74. The fraction of sp³-hybridized carbons (Fsp3) is 0.385. The zero-order valence-corrected chi connectivity index (χ0v) is 10.4. The van der Waals surface area contributed by atoms with E-state index >= 15 is 0 Å². The van der Waals surface area contributed by atoms with Gasteiger partial charge in [-0.05, 0) is 38.0 Å². The molecule has 0 radical (unpaired) electrons. The van der Waals surface area contributed by atoms with E-state index in [9.17, 15) is 0 Å². The molecule has 2 aromatic rings. The summed E-state index contributed by atoms with van der Waals surface area (Å²) in [5.41, 5.74) is 2.44. The number of oxazole rings is 1. The van der Waals surface area contributed by atoms with Crippen molar-refractivity contribution in [1.29, 1.82) is 0 Å². The summed E-state index contributed by atoms with van der Waals surface area (Å²) < 4.78 is 5.47. The van der Waals surface area contributed by atoms with Crippen LogP contribution in [0.4, 0.5) is 0 Å². The molecule has 4 nitrogen and oxygen atoms in total. The molecule has 0 aromatic carbocycles. The minimum atomic E-state index is 0.100. The molecule has 0 saturated carbocycles. The standard InChI is InChI=1S/C13H17N3O/c1-9-4-5-14-7-12(9)8-15-11(3)13-16-6-10(2)17-13/h4-7,11,15H,8H2,1-3H3. The second-order valence-corrected chi connectivity index (χ2v) is 4.21. The van der Waals surface area contributed by atoms with Crippen molar-refractivity contribution in [3.8, 4) is 0 Å². The second-order valence-electron chi connectivity index (χ2n) is 4.21.